The lowest BCUT2D eigenvalue weighted by atomic mass is 9.86. The number of nitrogens with zero attached hydrogens (tertiary/aromatic N) is 1. The second-order valence-corrected chi connectivity index (χ2v) is 5.97. The van der Waals surface area contributed by atoms with Gasteiger partial charge in [-0.3, -0.25) is 0 Å². The molecule has 2 aromatic rings. The smallest absolute Gasteiger partial charge is 0.258 e. The Balaban J connectivity index is 2.35. The maximum Gasteiger partial charge on any atom is 0.258 e. The Labute approximate surface area is 122 Å². The average Bonchev–Trinajstić information content (AvgIpc) is 2.36. The first-order valence-electron chi connectivity index (χ1n) is 6.59. The molecular formula is C16H18F2N2O. The van der Waals surface area contributed by atoms with Crippen LogP contribution in [-0.4, -0.2) is 4.98 Å². The van der Waals surface area contributed by atoms with Gasteiger partial charge in [0.15, 0.2) is 17.5 Å². The van der Waals surface area contributed by atoms with Gasteiger partial charge in [-0.05, 0) is 29.5 Å². The van der Waals surface area contributed by atoms with Gasteiger partial charge in [-0.25, -0.2) is 8.78 Å². The monoisotopic (exact) mass is 292 g/mol. The van der Waals surface area contributed by atoms with Crippen LogP contribution in [0.2, 0.25) is 0 Å². The minimum Gasteiger partial charge on any atom is -0.436 e. The molecule has 21 heavy (non-hydrogen) atoms. The minimum atomic E-state index is -0.903. The lowest BCUT2D eigenvalue weighted by Crippen LogP contribution is -2.11. The summed E-state index contributed by atoms with van der Waals surface area (Å²) in [7, 11) is 0. The fourth-order valence-corrected chi connectivity index (χ4v) is 1.87. The van der Waals surface area contributed by atoms with E-state index in [1.807, 2.05) is 19.1 Å². The normalized spacial score (nSPS) is 11.5. The lowest BCUT2D eigenvalue weighted by molar-refractivity contribution is 0.415. The Hall–Kier alpha value is -2.17. The van der Waals surface area contributed by atoms with Gasteiger partial charge in [0.2, 0.25) is 0 Å². The van der Waals surface area contributed by atoms with Crippen molar-refractivity contribution >= 4 is 5.82 Å². The number of ether oxygens (including phenoxy) is 1. The van der Waals surface area contributed by atoms with Crippen LogP contribution >= 0.6 is 0 Å². The molecule has 1 aromatic carbocycles. The summed E-state index contributed by atoms with van der Waals surface area (Å²) in [6.07, 6.45) is 0. The molecule has 112 valence electrons. The molecule has 1 heterocycles. The van der Waals surface area contributed by atoms with Gasteiger partial charge in [-0.15, -0.1) is 0 Å². The van der Waals surface area contributed by atoms with E-state index in [9.17, 15) is 8.78 Å². The van der Waals surface area contributed by atoms with E-state index in [1.165, 1.54) is 0 Å². The lowest BCUT2D eigenvalue weighted by Gasteiger charge is -2.20. The molecule has 0 aliphatic carbocycles. The fraction of sp³-hybridized carbons (Fsp3) is 0.312. The van der Waals surface area contributed by atoms with Crippen LogP contribution in [0.3, 0.4) is 0 Å². The van der Waals surface area contributed by atoms with Crippen molar-refractivity contribution < 1.29 is 13.5 Å². The molecule has 0 atom stereocenters. The Kier molecular flexibility index (Phi) is 3.85. The molecular weight excluding hydrogens is 274 g/mol. The maximum atomic E-state index is 13.6. The summed E-state index contributed by atoms with van der Waals surface area (Å²) in [5.74, 6) is -2.06. The van der Waals surface area contributed by atoms with Crippen molar-refractivity contribution in [1.82, 2.24) is 4.98 Å². The van der Waals surface area contributed by atoms with Crippen molar-refractivity contribution in [2.45, 2.75) is 33.1 Å². The summed E-state index contributed by atoms with van der Waals surface area (Å²) >= 11 is 0. The summed E-state index contributed by atoms with van der Waals surface area (Å²) in [4.78, 5) is 3.59. The molecule has 0 bridgehead atoms. The Morgan fingerprint density at radius 1 is 1.10 bits per heavy atom. The topological polar surface area (TPSA) is 48.1 Å². The number of nitrogens with two attached hydrogens (primary N) is 1. The van der Waals surface area contributed by atoms with Crippen molar-refractivity contribution in [1.29, 1.82) is 0 Å². The van der Waals surface area contributed by atoms with Gasteiger partial charge in [0.25, 0.3) is 5.88 Å². The van der Waals surface area contributed by atoms with Crippen molar-refractivity contribution in [3.63, 3.8) is 0 Å². The van der Waals surface area contributed by atoms with Crippen molar-refractivity contribution in [2.75, 3.05) is 5.73 Å². The highest BCUT2D eigenvalue weighted by Gasteiger charge is 2.17. The summed E-state index contributed by atoms with van der Waals surface area (Å²) in [6, 6.07) is 6.29. The number of nitrogen functional groups attached to an aromatic ring is 1. The largest absolute Gasteiger partial charge is 0.436 e. The first-order valence-corrected chi connectivity index (χ1v) is 6.59. The molecule has 0 fully saturated rings. The highest BCUT2D eigenvalue weighted by atomic mass is 19.1. The number of halogens is 2. The predicted molar refractivity (Wildman–Crippen MR) is 78.5 cm³/mol. The molecule has 1 aromatic heterocycles. The van der Waals surface area contributed by atoms with E-state index in [1.54, 1.807) is 6.07 Å². The fourth-order valence-electron chi connectivity index (χ4n) is 1.87. The first kappa shape index (κ1) is 15.2. The van der Waals surface area contributed by atoms with Crippen LogP contribution in [0.15, 0.2) is 24.3 Å². The van der Waals surface area contributed by atoms with Gasteiger partial charge in [0, 0.05) is 6.07 Å². The summed E-state index contributed by atoms with van der Waals surface area (Å²) < 4.78 is 32.1. The molecule has 0 saturated heterocycles. The second kappa shape index (κ2) is 5.31. The Morgan fingerprint density at radius 2 is 1.76 bits per heavy atom. The van der Waals surface area contributed by atoms with Crippen LogP contribution in [0.25, 0.3) is 0 Å². The van der Waals surface area contributed by atoms with Crippen LogP contribution < -0.4 is 10.5 Å². The van der Waals surface area contributed by atoms with Crippen LogP contribution in [0.1, 0.15) is 31.9 Å². The summed E-state index contributed by atoms with van der Waals surface area (Å²) in [6.45, 7) is 8.16. The van der Waals surface area contributed by atoms with Gasteiger partial charge >= 0.3 is 0 Å². The number of anilines is 1. The zero-order valence-corrected chi connectivity index (χ0v) is 12.5. The van der Waals surface area contributed by atoms with Crippen molar-refractivity contribution in [3.8, 4) is 11.6 Å². The molecule has 0 aliphatic rings. The molecule has 0 saturated carbocycles. The second-order valence-electron chi connectivity index (χ2n) is 5.97. The number of aromatic nitrogens is 1. The SMILES string of the molecule is Cc1cc(C(C)(C)C)ccc1Oc1nc(N)c(F)cc1F. The van der Waals surface area contributed by atoms with E-state index in [-0.39, 0.29) is 11.3 Å². The molecule has 3 nitrogen and oxygen atoms in total. The van der Waals surface area contributed by atoms with Crippen molar-refractivity contribution in [3.05, 3.63) is 47.0 Å². The Bertz CT molecular complexity index is 679. The molecule has 0 aliphatic heterocycles. The van der Waals surface area contributed by atoms with E-state index in [0.717, 1.165) is 11.1 Å². The number of hydrogen-bond acceptors (Lipinski definition) is 3. The van der Waals surface area contributed by atoms with E-state index < -0.39 is 17.5 Å². The molecule has 2 N–H and O–H groups in total. The number of rotatable bonds is 2. The van der Waals surface area contributed by atoms with Gasteiger partial charge in [0.05, 0.1) is 0 Å². The molecule has 2 rings (SSSR count). The standard InChI is InChI=1S/C16H18F2N2O/c1-9-7-10(16(2,3)4)5-6-13(9)21-15-12(18)8-11(17)14(19)20-15/h5-8H,1-4H3,(H2,19,20). The highest BCUT2D eigenvalue weighted by Crippen LogP contribution is 2.31. The van der Waals surface area contributed by atoms with Crippen LogP contribution in [0, 0.1) is 18.6 Å². The minimum absolute atomic E-state index is 0.00704. The molecule has 5 heteroatoms. The molecule has 0 spiro atoms. The van der Waals surface area contributed by atoms with Crippen LogP contribution in [-0.2, 0) is 5.41 Å². The van der Waals surface area contributed by atoms with E-state index in [0.29, 0.717) is 11.8 Å². The van der Waals surface area contributed by atoms with E-state index >= 15 is 0 Å². The maximum absolute atomic E-state index is 13.6. The zero-order chi connectivity index (χ0) is 15.8. The highest BCUT2D eigenvalue weighted by molar-refractivity contribution is 5.42. The number of benzene rings is 1. The third-order valence-corrected chi connectivity index (χ3v) is 3.17. The quantitative estimate of drug-likeness (QED) is 0.895. The van der Waals surface area contributed by atoms with Gasteiger partial charge < -0.3 is 10.5 Å². The molecule has 0 radical (unpaired) electrons. The third-order valence-electron chi connectivity index (χ3n) is 3.17. The molecule has 0 unspecified atom stereocenters. The van der Waals surface area contributed by atoms with Crippen LogP contribution in [0.5, 0.6) is 11.6 Å². The van der Waals surface area contributed by atoms with E-state index in [2.05, 4.69) is 25.8 Å². The van der Waals surface area contributed by atoms with E-state index in [4.69, 9.17) is 10.5 Å². The summed E-state index contributed by atoms with van der Waals surface area (Å²) in [5, 5.41) is 0. The number of hydrogen-bond donors (Lipinski definition) is 1. The first-order chi connectivity index (χ1) is 9.68. The van der Waals surface area contributed by atoms with Gasteiger partial charge in [0.1, 0.15) is 5.75 Å². The Morgan fingerprint density at radius 3 is 2.33 bits per heavy atom. The van der Waals surface area contributed by atoms with Crippen LogP contribution in [0.4, 0.5) is 14.6 Å². The number of aryl methyl sites for hydroxylation is 1. The average molecular weight is 292 g/mol. The zero-order valence-electron chi connectivity index (χ0n) is 12.5. The predicted octanol–water partition coefficient (Wildman–Crippen LogP) is 4.34. The third kappa shape index (κ3) is 3.29. The van der Waals surface area contributed by atoms with Gasteiger partial charge in [-0.2, -0.15) is 4.98 Å². The number of pyridine rings is 1. The van der Waals surface area contributed by atoms with Crippen molar-refractivity contribution in [2.24, 2.45) is 0 Å². The van der Waals surface area contributed by atoms with Gasteiger partial charge in [-0.1, -0.05) is 32.9 Å². The molecule has 0 amide bonds. The summed E-state index contributed by atoms with van der Waals surface area (Å²) in [5.41, 5.74) is 7.31.